The molecule has 0 saturated heterocycles. The normalized spacial score (nSPS) is 11.0. The van der Waals surface area contributed by atoms with E-state index in [1.165, 1.54) is 21.7 Å². The molecule has 0 aliphatic rings. The number of methoxy groups -OCH3 is 1. The minimum absolute atomic E-state index is 0.945. The summed E-state index contributed by atoms with van der Waals surface area (Å²) in [7, 11) is 1.75. The van der Waals surface area contributed by atoms with Gasteiger partial charge in [-0.1, -0.05) is 78.9 Å². The smallest absolute Gasteiger partial charge is 0.135 e. The predicted molar refractivity (Wildman–Crippen MR) is 93.4 cm³/mol. The first-order valence-electron chi connectivity index (χ1n) is 7.43. The van der Waals surface area contributed by atoms with Crippen LogP contribution in [0, 0.1) is 0 Å². The molecule has 0 N–H and O–H groups in total. The van der Waals surface area contributed by atoms with Gasteiger partial charge in [0.1, 0.15) is 5.75 Å². The van der Waals surface area contributed by atoms with E-state index < -0.39 is 0 Å². The number of fused-ring (bicyclic) bond motifs is 3. The van der Waals surface area contributed by atoms with E-state index in [1.54, 1.807) is 7.11 Å². The van der Waals surface area contributed by atoms with Crippen molar-refractivity contribution >= 4 is 21.5 Å². The SMILES string of the molecule is COc1c(-c2ccccc2)c2ccccc2c2ccccc12. The Morgan fingerprint density at radius 1 is 0.545 bits per heavy atom. The second-order valence-electron chi connectivity index (χ2n) is 5.37. The van der Waals surface area contributed by atoms with E-state index in [9.17, 15) is 0 Å². The van der Waals surface area contributed by atoms with Crippen LogP contribution >= 0.6 is 0 Å². The van der Waals surface area contributed by atoms with Gasteiger partial charge in [0.25, 0.3) is 0 Å². The monoisotopic (exact) mass is 284 g/mol. The molecule has 22 heavy (non-hydrogen) atoms. The highest BCUT2D eigenvalue weighted by Crippen LogP contribution is 2.43. The van der Waals surface area contributed by atoms with Crippen molar-refractivity contribution in [3.63, 3.8) is 0 Å². The quantitative estimate of drug-likeness (QED) is 0.431. The number of benzene rings is 4. The standard InChI is InChI=1S/C21H16O/c1-22-21-19-14-8-6-12-17(19)16-11-5-7-13-18(16)20(21)15-9-3-2-4-10-15/h2-14H,1H3. The average Bonchev–Trinajstić information content (AvgIpc) is 2.61. The molecule has 0 aromatic heterocycles. The van der Waals surface area contributed by atoms with Crippen LogP contribution < -0.4 is 4.74 Å². The van der Waals surface area contributed by atoms with E-state index in [1.807, 2.05) is 6.07 Å². The lowest BCUT2D eigenvalue weighted by Gasteiger charge is -2.16. The zero-order valence-electron chi connectivity index (χ0n) is 12.4. The summed E-state index contributed by atoms with van der Waals surface area (Å²) in [6.07, 6.45) is 0. The van der Waals surface area contributed by atoms with Gasteiger partial charge in [-0.05, 0) is 21.7 Å². The highest BCUT2D eigenvalue weighted by Gasteiger charge is 2.15. The fourth-order valence-electron chi connectivity index (χ4n) is 3.21. The summed E-state index contributed by atoms with van der Waals surface area (Å²) in [5.41, 5.74) is 2.35. The third-order valence-electron chi connectivity index (χ3n) is 4.15. The molecule has 4 aromatic rings. The van der Waals surface area contributed by atoms with Crippen molar-refractivity contribution in [2.75, 3.05) is 7.11 Å². The van der Waals surface area contributed by atoms with Gasteiger partial charge in [-0.3, -0.25) is 0 Å². The van der Waals surface area contributed by atoms with Gasteiger partial charge in [-0.2, -0.15) is 0 Å². The molecule has 0 aliphatic heterocycles. The Morgan fingerprint density at radius 2 is 1.05 bits per heavy atom. The maximum atomic E-state index is 5.82. The maximum Gasteiger partial charge on any atom is 0.135 e. The van der Waals surface area contributed by atoms with Crippen molar-refractivity contribution < 1.29 is 4.74 Å². The summed E-state index contributed by atoms with van der Waals surface area (Å²) in [6.45, 7) is 0. The van der Waals surface area contributed by atoms with Crippen LogP contribution in [0.4, 0.5) is 0 Å². The molecule has 4 aromatic carbocycles. The van der Waals surface area contributed by atoms with E-state index in [0.29, 0.717) is 0 Å². The van der Waals surface area contributed by atoms with Crippen molar-refractivity contribution in [1.82, 2.24) is 0 Å². The van der Waals surface area contributed by atoms with E-state index in [4.69, 9.17) is 4.74 Å². The van der Waals surface area contributed by atoms with Gasteiger partial charge in [-0.25, -0.2) is 0 Å². The lowest BCUT2D eigenvalue weighted by molar-refractivity contribution is 0.422. The number of hydrogen-bond donors (Lipinski definition) is 0. The zero-order valence-corrected chi connectivity index (χ0v) is 12.4. The molecular weight excluding hydrogens is 268 g/mol. The summed E-state index contributed by atoms with van der Waals surface area (Å²) in [4.78, 5) is 0. The molecule has 0 unspecified atom stereocenters. The van der Waals surface area contributed by atoms with Gasteiger partial charge >= 0.3 is 0 Å². The highest BCUT2D eigenvalue weighted by molar-refractivity contribution is 6.17. The second-order valence-corrected chi connectivity index (χ2v) is 5.37. The minimum Gasteiger partial charge on any atom is -0.495 e. The number of rotatable bonds is 2. The largest absolute Gasteiger partial charge is 0.495 e. The van der Waals surface area contributed by atoms with Crippen LogP contribution in [0.5, 0.6) is 5.75 Å². The average molecular weight is 284 g/mol. The Balaban J connectivity index is 2.26. The summed E-state index contributed by atoms with van der Waals surface area (Å²) >= 11 is 0. The van der Waals surface area contributed by atoms with Crippen LogP contribution in [0.25, 0.3) is 32.7 Å². The van der Waals surface area contributed by atoms with Crippen LogP contribution in [0.3, 0.4) is 0 Å². The predicted octanol–water partition coefficient (Wildman–Crippen LogP) is 5.67. The number of ether oxygens (including phenoxy) is 1. The first-order chi connectivity index (χ1) is 10.9. The summed E-state index contributed by atoms with van der Waals surface area (Å²) in [6, 6.07) is 27.4. The zero-order chi connectivity index (χ0) is 14.9. The molecular formula is C21H16O. The van der Waals surface area contributed by atoms with Crippen molar-refractivity contribution in [2.24, 2.45) is 0 Å². The van der Waals surface area contributed by atoms with E-state index in [2.05, 4.69) is 72.8 Å². The van der Waals surface area contributed by atoms with Gasteiger partial charge in [0.05, 0.1) is 7.11 Å². The van der Waals surface area contributed by atoms with Gasteiger partial charge in [-0.15, -0.1) is 0 Å². The highest BCUT2D eigenvalue weighted by atomic mass is 16.5. The fourth-order valence-corrected chi connectivity index (χ4v) is 3.21. The molecule has 0 radical (unpaired) electrons. The Hall–Kier alpha value is -2.80. The molecule has 4 rings (SSSR count). The van der Waals surface area contributed by atoms with Crippen molar-refractivity contribution in [1.29, 1.82) is 0 Å². The van der Waals surface area contributed by atoms with Crippen molar-refractivity contribution in [3.05, 3.63) is 78.9 Å². The Kier molecular flexibility index (Phi) is 3.05. The van der Waals surface area contributed by atoms with Crippen LogP contribution in [-0.2, 0) is 0 Å². The topological polar surface area (TPSA) is 9.23 Å². The third-order valence-corrected chi connectivity index (χ3v) is 4.15. The van der Waals surface area contributed by atoms with Gasteiger partial charge in [0, 0.05) is 10.9 Å². The van der Waals surface area contributed by atoms with Crippen LogP contribution in [-0.4, -0.2) is 7.11 Å². The molecule has 106 valence electrons. The molecule has 0 amide bonds. The van der Waals surface area contributed by atoms with Gasteiger partial charge < -0.3 is 4.74 Å². The summed E-state index contributed by atoms with van der Waals surface area (Å²) < 4.78 is 5.82. The van der Waals surface area contributed by atoms with Gasteiger partial charge in [0.15, 0.2) is 0 Å². The second kappa shape index (κ2) is 5.19. The summed E-state index contributed by atoms with van der Waals surface area (Å²) in [5, 5.41) is 4.87. The molecule has 0 heterocycles. The lowest BCUT2D eigenvalue weighted by Crippen LogP contribution is -1.92. The Bertz CT molecular complexity index is 955. The molecule has 1 heteroatoms. The molecule has 0 saturated carbocycles. The van der Waals surface area contributed by atoms with Crippen LogP contribution in [0.1, 0.15) is 0 Å². The fraction of sp³-hybridized carbons (Fsp3) is 0.0476. The van der Waals surface area contributed by atoms with E-state index in [0.717, 1.165) is 16.7 Å². The Labute approximate surface area is 129 Å². The summed E-state index contributed by atoms with van der Waals surface area (Å²) in [5.74, 6) is 0.945. The van der Waals surface area contributed by atoms with E-state index >= 15 is 0 Å². The van der Waals surface area contributed by atoms with Crippen LogP contribution in [0.15, 0.2) is 78.9 Å². The third kappa shape index (κ3) is 1.86. The molecule has 0 bridgehead atoms. The molecule has 0 atom stereocenters. The molecule has 1 nitrogen and oxygen atoms in total. The van der Waals surface area contributed by atoms with Crippen molar-refractivity contribution in [2.45, 2.75) is 0 Å². The molecule has 0 spiro atoms. The lowest BCUT2D eigenvalue weighted by atomic mass is 9.92. The minimum atomic E-state index is 0.945. The first-order valence-corrected chi connectivity index (χ1v) is 7.43. The van der Waals surface area contributed by atoms with Gasteiger partial charge in [0.2, 0.25) is 0 Å². The maximum absolute atomic E-state index is 5.82. The first kappa shape index (κ1) is 12.9. The molecule has 0 aliphatic carbocycles. The van der Waals surface area contributed by atoms with Crippen LogP contribution in [0.2, 0.25) is 0 Å². The van der Waals surface area contributed by atoms with Crippen molar-refractivity contribution in [3.8, 4) is 16.9 Å². The number of hydrogen-bond acceptors (Lipinski definition) is 1. The molecule has 0 fully saturated rings. The van der Waals surface area contributed by atoms with E-state index in [-0.39, 0.29) is 0 Å². The Morgan fingerprint density at radius 3 is 1.68 bits per heavy atom.